The molecule has 0 saturated carbocycles. The van der Waals surface area contributed by atoms with E-state index in [4.69, 9.17) is 24.7 Å². The Labute approximate surface area is 199 Å². The van der Waals surface area contributed by atoms with Gasteiger partial charge in [0.15, 0.2) is 17.3 Å². The molecule has 2 aromatic carbocycles. The maximum Gasteiger partial charge on any atom is 0.340 e. The van der Waals surface area contributed by atoms with E-state index in [0.717, 1.165) is 5.56 Å². The largest absolute Gasteiger partial charge is 0.490 e. The molecule has 0 radical (unpaired) electrons. The second-order valence-corrected chi connectivity index (χ2v) is 8.33. The lowest BCUT2D eigenvalue weighted by molar-refractivity contribution is -0.136. The van der Waals surface area contributed by atoms with Gasteiger partial charge in [-0.25, -0.2) is 4.79 Å². The van der Waals surface area contributed by atoms with Crippen molar-refractivity contribution in [3.63, 3.8) is 0 Å². The average Bonchev–Trinajstić information content (AvgIpc) is 2.83. The summed E-state index contributed by atoms with van der Waals surface area (Å²) in [5.74, 6) is 0.176. The number of esters is 1. The first-order chi connectivity index (χ1) is 16.4. The topological polar surface area (TPSA) is 97.1 Å². The smallest absolute Gasteiger partial charge is 0.340 e. The van der Waals surface area contributed by atoms with Crippen molar-refractivity contribution >= 4 is 11.8 Å². The number of rotatable bonds is 7. The van der Waals surface area contributed by atoms with Gasteiger partial charge >= 0.3 is 5.97 Å². The number of hydrogen-bond acceptors (Lipinski definition) is 7. The molecule has 2 aromatic rings. The van der Waals surface area contributed by atoms with E-state index >= 15 is 0 Å². The number of allylic oxidation sites excluding steroid dienone is 2. The number of hydrogen-bond donors (Lipinski definition) is 1. The summed E-state index contributed by atoms with van der Waals surface area (Å²) in [6, 6.07) is 13.5. The second-order valence-electron chi connectivity index (χ2n) is 8.33. The first kappa shape index (κ1) is 23.4. The molecule has 0 spiro atoms. The Morgan fingerprint density at radius 3 is 2.56 bits per heavy atom. The maximum absolute atomic E-state index is 12.9. The molecule has 0 fully saturated rings. The van der Waals surface area contributed by atoms with Gasteiger partial charge in [-0.1, -0.05) is 35.9 Å². The fraction of sp³-hybridized carbons (Fsp3) is 0.333. The first-order valence-corrected chi connectivity index (χ1v) is 11.4. The van der Waals surface area contributed by atoms with Crippen LogP contribution in [0.1, 0.15) is 48.8 Å². The van der Waals surface area contributed by atoms with Crippen LogP contribution >= 0.6 is 0 Å². The number of carbonyl (C=O) groups excluding carboxylic acids is 2. The third-order valence-electron chi connectivity index (χ3n) is 6.01. The minimum Gasteiger partial charge on any atom is -0.490 e. The van der Waals surface area contributed by atoms with Gasteiger partial charge in [0.2, 0.25) is 5.88 Å². The van der Waals surface area contributed by atoms with E-state index < -0.39 is 11.9 Å². The molecule has 0 bridgehead atoms. The van der Waals surface area contributed by atoms with Crippen molar-refractivity contribution in [2.24, 2.45) is 5.73 Å². The van der Waals surface area contributed by atoms with Crippen LogP contribution in [0.3, 0.4) is 0 Å². The van der Waals surface area contributed by atoms with Crippen molar-refractivity contribution in [3.05, 3.63) is 81.9 Å². The van der Waals surface area contributed by atoms with Gasteiger partial charge < -0.3 is 24.7 Å². The zero-order valence-corrected chi connectivity index (χ0v) is 19.7. The molecule has 7 nitrogen and oxygen atoms in total. The molecule has 0 amide bonds. The molecule has 4 rings (SSSR count). The highest BCUT2D eigenvalue weighted by Crippen LogP contribution is 2.45. The zero-order chi connectivity index (χ0) is 24.2. The summed E-state index contributed by atoms with van der Waals surface area (Å²) < 4.78 is 22.6. The SMILES string of the molecule is CCOc1cc([C@@H]2C(C(=O)OC)=C(N)OC3=C2C(=O)CCC3)ccc1OCc1ccc(C)cc1. The first-order valence-electron chi connectivity index (χ1n) is 11.4. The van der Waals surface area contributed by atoms with Crippen LogP contribution in [0.4, 0.5) is 0 Å². The molecule has 178 valence electrons. The van der Waals surface area contributed by atoms with Crippen molar-refractivity contribution < 1.29 is 28.5 Å². The molecular weight excluding hydrogens is 434 g/mol. The summed E-state index contributed by atoms with van der Waals surface area (Å²) in [7, 11) is 1.28. The van der Waals surface area contributed by atoms with Crippen LogP contribution in [0.2, 0.25) is 0 Å². The molecular formula is C27H29NO6. The standard InChI is InChI=1S/C27H29NO6/c1-4-32-22-14-18(12-13-20(22)33-15-17-10-8-16(2)9-11-17)23-24-19(29)6-5-7-21(24)34-26(28)25(23)27(30)31-3/h8-14,23H,4-7,15,28H2,1-3H3/t23-/m0/s1. The molecule has 0 saturated heterocycles. The average molecular weight is 464 g/mol. The highest BCUT2D eigenvalue weighted by atomic mass is 16.5. The lowest BCUT2D eigenvalue weighted by atomic mass is 9.77. The zero-order valence-electron chi connectivity index (χ0n) is 19.7. The van der Waals surface area contributed by atoms with E-state index in [-0.39, 0.29) is 17.2 Å². The number of Topliss-reactive ketones (excluding diaryl/α,β-unsaturated/α-hetero) is 1. The van der Waals surface area contributed by atoms with Crippen molar-refractivity contribution in [2.45, 2.75) is 45.6 Å². The Morgan fingerprint density at radius 1 is 1.09 bits per heavy atom. The number of nitrogens with two attached hydrogens (primary N) is 1. The minimum atomic E-state index is -0.700. The van der Waals surface area contributed by atoms with Gasteiger partial charge in [-0.3, -0.25) is 4.79 Å². The molecule has 1 aliphatic heterocycles. The summed E-state index contributed by atoms with van der Waals surface area (Å²) in [6.45, 7) is 4.72. The number of methoxy groups -OCH3 is 1. The van der Waals surface area contributed by atoms with Crippen LogP contribution in [-0.2, 0) is 25.7 Å². The molecule has 0 aromatic heterocycles. The fourth-order valence-electron chi connectivity index (χ4n) is 4.34. The normalized spacial score (nSPS) is 17.7. The highest BCUT2D eigenvalue weighted by molar-refractivity contribution is 6.03. The van der Waals surface area contributed by atoms with E-state index in [9.17, 15) is 9.59 Å². The van der Waals surface area contributed by atoms with E-state index in [2.05, 4.69) is 0 Å². The van der Waals surface area contributed by atoms with E-state index in [1.807, 2.05) is 44.2 Å². The molecule has 34 heavy (non-hydrogen) atoms. The summed E-state index contributed by atoms with van der Waals surface area (Å²) in [6.07, 6.45) is 1.66. The lowest BCUT2D eigenvalue weighted by Crippen LogP contribution is -2.31. The molecule has 2 N–H and O–H groups in total. The number of ether oxygens (including phenoxy) is 4. The third kappa shape index (κ3) is 4.64. The Bertz CT molecular complexity index is 1160. The molecule has 1 atom stereocenters. The van der Waals surface area contributed by atoms with Crippen LogP contribution < -0.4 is 15.2 Å². The van der Waals surface area contributed by atoms with E-state index in [1.165, 1.54) is 12.7 Å². The number of ketones is 1. The fourth-order valence-corrected chi connectivity index (χ4v) is 4.34. The summed E-state index contributed by atoms with van der Waals surface area (Å²) in [4.78, 5) is 25.6. The molecule has 0 unspecified atom stereocenters. The summed E-state index contributed by atoms with van der Waals surface area (Å²) >= 11 is 0. The summed E-state index contributed by atoms with van der Waals surface area (Å²) in [5.41, 5.74) is 9.61. The van der Waals surface area contributed by atoms with Crippen molar-refractivity contribution in [3.8, 4) is 11.5 Å². The van der Waals surface area contributed by atoms with Gasteiger partial charge in [0.25, 0.3) is 0 Å². The van der Waals surface area contributed by atoms with Crippen LogP contribution in [0, 0.1) is 6.92 Å². The monoisotopic (exact) mass is 463 g/mol. The molecule has 2 aliphatic rings. The van der Waals surface area contributed by atoms with Crippen molar-refractivity contribution in [1.82, 2.24) is 0 Å². The van der Waals surface area contributed by atoms with Gasteiger partial charge in [-0.15, -0.1) is 0 Å². The lowest BCUT2D eigenvalue weighted by Gasteiger charge is -2.32. The van der Waals surface area contributed by atoms with E-state index in [1.54, 1.807) is 12.1 Å². The van der Waals surface area contributed by atoms with Crippen LogP contribution in [0.15, 0.2) is 65.3 Å². The highest BCUT2D eigenvalue weighted by Gasteiger charge is 2.41. The van der Waals surface area contributed by atoms with Crippen LogP contribution in [0.25, 0.3) is 0 Å². The van der Waals surface area contributed by atoms with Gasteiger partial charge in [-0.05, 0) is 43.5 Å². The second kappa shape index (κ2) is 10.0. The van der Waals surface area contributed by atoms with Crippen LogP contribution in [-0.4, -0.2) is 25.5 Å². The Kier molecular flexibility index (Phi) is 6.91. The number of carbonyl (C=O) groups is 2. The van der Waals surface area contributed by atoms with Crippen molar-refractivity contribution in [1.29, 1.82) is 0 Å². The Morgan fingerprint density at radius 2 is 1.85 bits per heavy atom. The molecule has 1 aliphatic carbocycles. The van der Waals surface area contributed by atoms with Gasteiger partial charge in [0, 0.05) is 18.4 Å². The van der Waals surface area contributed by atoms with Gasteiger partial charge in [0.05, 0.1) is 19.6 Å². The molecule has 1 heterocycles. The van der Waals surface area contributed by atoms with Gasteiger partial charge in [-0.2, -0.15) is 0 Å². The number of aryl methyl sites for hydroxylation is 1. The van der Waals surface area contributed by atoms with Crippen LogP contribution in [0.5, 0.6) is 11.5 Å². The third-order valence-corrected chi connectivity index (χ3v) is 6.01. The number of benzene rings is 2. The predicted octanol–water partition coefficient (Wildman–Crippen LogP) is 4.44. The molecule has 7 heteroatoms. The Hall–Kier alpha value is -3.74. The minimum absolute atomic E-state index is 0.0389. The van der Waals surface area contributed by atoms with Crippen molar-refractivity contribution in [2.75, 3.05) is 13.7 Å². The Balaban J connectivity index is 1.72. The predicted molar refractivity (Wildman–Crippen MR) is 126 cm³/mol. The maximum atomic E-state index is 12.9. The quantitative estimate of drug-likeness (QED) is 0.607. The summed E-state index contributed by atoms with van der Waals surface area (Å²) in [5, 5.41) is 0. The van der Waals surface area contributed by atoms with E-state index in [0.29, 0.717) is 60.9 Å². The van der Waals surface area contributed by atoms with Gasteiger partial charge in [0.1, 0.15) is 17.9 Å².